The SMILES string of the molecule is CC(C)(CBr)[Si](C)(C)N1C(=O)CC1SC(c1ccccc1)(c1ccccc1)c1ccccc1. The molecule has 0 spiro atoms. The first-order valence-electron chi connectivity index (χ1n) is 11.5. The Morgan fingerprint density at radius 2 is 1.24 bits per heavy atom. The summed E-state index contributed by atoms with van der Waals surface area (Å²) >= 11 is 5.66. The molecule has 1 aliphatic rings. The first kappa shape index (κ1) is 24.3. The minimum atomic E-state index is -2.06. The van der Waals surface area contributed by atoms with Crippen LogP contribution in [0.15, 0.2) is 91.0 Å². The number of thioether (sulfide) groups is 1. The fraction of sp³-hybridized carbons (Fsp3) is 0.321. The molecule has 1 amide bonds. The van der Waals surface area contributed by atoms with E-state index in [4.69, 9.17) is 0 Å². The molecule has 0 bridgehead atoms. The molecule has 0 aromatic heterocycles. The molecule has 5 heteroatoms. The van der Waals surface area contributed by atoms with Gasteiger partial charge in [0.1, 0.15) is 0 Å². The van der Waals surface area contributed by atoms with E-state index in [0.29, 0.717) is 12.3 Å². The summed E-state index contributed by atoms with van der Waals surface area (Å²) in [7, 11) is -2.06. The van der Waals surface area contributed by atoms with Crippen molar-refractivity contribution in [3.63, 3.8) is 0 Å². The normalized spacial score (nSPS) is 17.1. The Labute approximate surface area is 212 Å². The monoisotopic (exact) mass is 537 g/mol. The maximum absolute atomic E-state index is 13.1. The van der Waals surface area contributed by atoms with Crippen LogP contribution in [0.2, 0.25) is 18.1 Å². The van der Waals surface area contributed by atoms with E-state index in [-0.39, 0.29) is 10.4 Å². The molecule has 1 saturated heterocycles. The highest BCUT2D eigenvalue weighted by atomic mass is 79.9. The molecular weight excluding hydrogens is 506 g/mol. The largest absolute Gasteiger partial charge is 0.357 e. The van der Waals surface area contributed by atoms with Gasteiger partial charge in [0.25, 0.3) is 0 Å². The molecule has 172 valence electrons. The first-order chi connectivity index (χ1) is 15.7. The summed E-state index contributed by atoms with van der Waals surface area (Å²) in [4.78, 5) is 13.1. The standard InChI is InChI=1S/C28H32BrNOSSi/c1-27(2,21-29)33(3,4)30-25(31)20-26(30)32-28(22-14-8-5-9-15-22,23-16-10-6-11-17-23)24-18-12-7-13-19-24/h5-19,26H,20-21H2,1-4H3. The van der Waals surface area contributed by atoms with E-state index in [2.05, 4.69) is 138 Å². The molecule has 1 atom stereocenters. The molecule has 0 saturated carbocycles. The topological polar surface area (TPSA) is 20.3 Å². The number of hydrogen-bond donors (Lipinski definition) is 0. The molecular formula is C28H32BrNOSSi. The minimum absolute atomic E-state index is 0.0663. The quantitative estimate of drug-likeness (QED) is 0.127. The third-order valence-electron chi connectivity index (χ3n) is 7.35. The van der Waals surface area contributed by atoms with Crippen LogP contribution in [0.25, 0.3) is 0 Å². The molecule has 4 rings (SSSR count). The van der Waals surface area contributed by atoms with Crippen LogP contribution in [-0.2, 0) is 9.54 Å². The van der Waals surface area contributed by atoms with Crippen molar-refractivity contribution in [2.45, 2.75) is 48.5 Å². The zero-order chi connectivity index (χ0) is 23.7. The van der Waals surface area contributed by atoms with Gasteiger partial charge in [0, 0.05) is 5.33 Å². The highest BCUT2D eigenvalue weighted by molar-refractivity contribution is 9.09. The van der Waals surface area contributed by atoms with Crippen molar-refractivity contribution in [3.05, 3.63) is 108 Å². The lowest BCUT2D eigenvalue weighted by molar-refractivity contribution is -0.135. The van der Waals surface area contributed by atoms with Crippen molar-refractivity contribution in [2.75, 3.05) is 5.33 Å². The molecule has 1 fully saturated rings. The lowest BCUT2D eigenvalue weighted by atomic mass is 9.84. The Kier molecular flexibility index (Phi) is 6.95. The molecule has 0 aliphatic carbocycles. The van der Waals surface area contributed by atoms with Crippen molar-refractivity contribution in [1.82, 2.24) is 4.57 Å². The number of rotatable bonds is 8. The minimum Gasteiger partial charge on any atom is -0.357 e. The summed E-state index contributed by atoms with van der Waals surface area (Å²) in [6.07, 6.45) is 0.591. The lowest BCUT2D eigenvalue weighted by Gasteiger charge is -2.56. The van der Waals surface area contributed by atoms with E-state index in [1.54, 1.807) is 0 Å². The lowest BCUT2D eigenvalue weighted by Crippen LogP contribution is -2.68. The molecule has 3 aromatic rings. The number of hydrogen-bond acceptors (Lipinski definition) is 2. The molecule has 33 heavy (non-hydrogen) atoms. The van der Waals surface area contributed by atoms with Gasteiger partial charge in [-0.3, -0.25) is 4.79 Å². The predicted molar refractivity (Wildman–Crippen MR) is 147 cm³/mol. The van der Waals surface area contributed by atoms with Crippen LogP contribution in [0.1, 0.15) is 37.0 Å². The molecule has 1 unspecified atom stereocenters. The fourth-order valence-corrected chi connectivity index (χ4v) is 11.8. The van der Waals surface area contributed by atoms with Crippen molar-refractivity contribution in [3.8, 4) is 0 Å². The smallest absolute Gasteiger partial charge is 0.218 e. The van der Waals surface area contributed by atoms with Crippen LogP contribution in [0.5, 0.6) is 0 Å². The summed E-state index contributed by atoms with van der Waals surface area (Å²) in [6, 6.07) is 32.3. The van der Waals surface area contributed by atoms with E-state index < -0.39 is 13.0 Å². The molecule has 0 N–H and O–H groups in total. The summed E-state index contributed by atoms with van der Waals surface area (Å²) in [5, 5.41) is 1.09. The van der Waals surface area contributed by atoms with Gasteiger partial charge in [0.15, 0.2) is 8.24 Å². The van der Waals surface area contributed by atoms with Gasteiger partial charge in [-0.25, -0.2) is 0 Å². The van der Waals surface area contributed by atoms with Crippen LogP contribution >= 0.6 is 27.7 Å². The summed E-state index contributed by atoms with van der Waals surface area (Å²) < 4.78 is 1.86. The second-order valence-corrected chi connectivity index (χ2v) is 16.8. The van der Waals surface area contributed by atoms with Gasteiger partial charge in [-0.05, 0) is 21.7 Å². The number of alkyl halides is 1. The van der Waals surface area contributed by atoms with Gasteiger partial charge in [-0.15, -0.1) is 11.8 Å². The zero-order valence-electron chi connectivity index (χ0n) is 19.8. The van der Waals surface area contributed by atoms with Crippen LogP contribution in [0.4, 0.5) is 0 Å². The average Bonchev–Trinajstić information content (AvgIpc) is 2.83. The fourth-order valence-electron chi connectivity index (χ4n) is 4.57. The summed E-state index contributed by atoms with van der Waals surface area (Å²) in [5.41, 5.74) is 3.72. The van der Waals surface area contributed by atoms with E-state index in [1.165, 1.54) is 16.7 Å². The molecule has 1 aliphatic heterocycles. The van der Waals surface area contributed by atoms with Crippen molar-refractivity contribution in [1.29, 1.82) is 0 Å². The number of benzene rings is 3. The maximum Gasteiger partial charge on any atom is 0.218 e. The van der Waals surface area contributed by atoms with Gasteiger partial charge in [0.05, 0.1) is 16.5 Å². The summed E-state index contributed by atoms with van der Waals surface area (Å²) in [5.74, 6) is 0.293. The molecule has 0 radical (unpaired) electrons. The second-order valence-electron chi connectivity index (χ2n) is 9.90. The molecule has 1 heterocycles. The number of amides is 1. The number of carbonyl (C=O) groups excluding carboxylic acids is 1. The van der Waals surface area contributed by atoms with E-state index >= 15 is 0 Å². The van der Waals surface area contributed by atoms with Gasteiger partial charge in [0.2, 0.25) is 5.91 Å². The van der Waals surface area contributed by atoms with Gasteiger partial charge in [-0.2, -0.15) is 0 Å². The van der Waals surface area contributed by atoms with Crippen molar-refractivity contribution < 1.29 is 4.79 Å². The average molecular weight is 539 g/mol. The highest BCUT2D eigenvalue weighted by Gasteiger charge is 2.55. The van der Waals surface area contributed by atoms with Crippen molar-refractivity contribution in [2.24, 2.45) is 0 Å². The van der Waals surface area contributed by atoms with Crippen LogP contribution < -0.4 is 0 Å². The van der Waals surface area contributed by atoms with Gasteiger partial charge >= 0.3 is 0 Å². The van der Waals surface area contributed by atoms with Crippen LogP contribution in [0.3, 0.4) is 0 Å². The van der Waals surface area contributed by atoms with Crippen LogP contribution in [0, 0.1) is 0 Å². The Morgan fingerprint density at radius 1 is 0.848 bits per heavy atom. The predicted octanol–water partition coefficient (Wildman–Crippen LogP) is 7.65. The Bertz CT molecular complexity index is 992. The maximum atomic E-state index is 13.1. The van der Waals surface area contributed by atoms with E-state index in [0.717, 1.165) is 5.33 Å². The Morgan fingerprint density at radius 3 is 1.58 bits per heavy atom. The third kappa shape index (κ3) is 4.24. The zero-order valence-corrected chi connectivity index (χ0v) is 23.2. The van der Waals surface area contributed by atoms with Gasteiger partial charge < -0.3 is 4.57 Å². The second kappa shape index (κ2) is 9.44. The van der Waals surface area contributed by atoms with Crippen molar-refractivity contribution >= 4 is 41.8 Å². The Balaban J connectivity index is 1.87. The van der Waals surface area contributed by atoms with Crippen LogP contribution in [-0.4, -0.2) is 29.4 Å². The number of carbonyl (C=O) groups is 1. The highest BCUT2D eigenvalue weighted by Crippen LogP contribution is 2.55. The molecule has 2 nitrogen and oxygen atoms in total. The first-order valence-corrected chi connectivity index (χ1v) is 16.4. The number of β-lactam (4-membered cyclic amide) rings is 1. The third-order valence-corrected chi connectivity index (χ3v) is 16.4. The number of halogens is 1. The van der Waals surface area contributed by atoms with Gasteiger partial charge in [-0.1, -0.05) is 134 Å². The van der Waals surface area contributed by atoms with E-state index in [1.807, 2.05) is 11.8 Å². The van der Waals surface area contributed by atoms with E-state index in [9.17, 15) is 4.79 Å². The molecule has 3 aromatic carbocycles. The number of nitrogens with zero attached hydrogens (tertiary/aromatic N) is 1. The summed E-state index contributed by atoms with van der Waals surface area (Å²) in [6.45, 7) is 9.27. The Hall–Kier alpha value is -1.82.